The third kappa shape index (κ3) is 5.32. The number of benzene rings is 2. The molecular formula is C27H24FN5O2S. The van der Waals surface area contributed by atoms with Crippen molar-refractivity contribution in [2.75, 3.05) is 5.32 Å². The first-order valence-electron chi connectivity index (χ1n) is 11.4. The standard InChI is InChI=1S/C27H24FN5O2S/c1-27(2,35)9-12-33-15-19-13-23(21(14-22(19)32-33)17-3-5-20(28)6-4-17)30-25(34)24-16-36-26(31-24)18-7-10-29-11-8-18/h3-8,10-11,13-16,35H,9,12H2,1-2H3,(H,30,34). The quantitative estimate of drug-likeness (QED) is 0.295. The first kappa shape index (κ1) is 23.8. The summed E-state index contributed by atoms with van der Waals surface area (Å²) in [5, 5.41) is 21.0. The number of fused-ring (bicyclic) bond motifs is 1. The maximum atomic E-state index is 13.6. The number of halogens is 1. The Morgan fingerprint density at radius 1 is 1.11 bits per heavy atom. The molecule has 0 saturated heterocycles. The molecular weight excluding hydrogens is 477 g/mol. The highest BCUT2D eigenvalue weighted by molar-refractivity contribution is 7.13. The fraction of sp³-hybridized carbons (Fsp3) is 0.185. The summed E-state index contributed by atoms with van der Waals surface area (Å²) in [5.41, 5.74) is 3.15. The van der Waals surface area contributed by atoms with Crippen molar-refractivity contribution in [3.05, 3.63) is 84.0 Å². The van der Waals surface area contributed by atoms with Gasteiger partial charge in [-0.1, -0.05) is 12.1 Å². The predicted octanol–water partition coefficient (Wildman–Crippen LogP) is 5.77. The van der Waals surface area contributed by atoms with Crippen LogP contribution in [0.4, 0.5) is 10.1 Å². The number of rotatable bonds is 7. The van der Waals surface area contributed by atoms with E-state index in [2.05, 4.69) is 20.4 Å². The molecule has 0 unspecified atom stereocenters. The Labute approximate surface area is 211 Å². The highest BCUT2D eigenvalue weighted by Crippen LogP contribution is 2.33. The maximum absolute atomic E-state index is 13.6. The second kappa shape index (κ2) is 9.60. The molecule has 5 aromatic rings. The zero-order chi connectivity index (χ0) is 25.3. The molecule has 3 aromatic heterocycles. The number of hydrogen-bond donors (Lipinski definition) is 2. The van der Waals surface area contributed by atoms with Gasteiger partial charge in [0.1, 0.15) is 16.5 Å². The molecule has 2 aromatic carbocycles. The summed E-state index contributed by atoms with van der Waals surface area (Å²) >= 11 is 1.38. The summed E-state index contributed by atoms with van der Waals surface area (Å²) in [4.78, 5) is 21.7. The molecule has 36 heavy (non-hydrogen) atoms. The number of aryl methyl sites for hydroxylation is 1. The van der Waals surface area contributed by atoms with Crippen molar-refractivity contribution < 1.29 is 14.3 Å². The lowest BCUT2D eigenvalue weighted by atomic mass is 10.0. The fourth-order valence-corrected chi connectivity index (χ4v) is 4.59. The lowest BCUT2D eigenvalue weighted by Gasteiger charge is -2.16. The number of carbonyl (C=O) groups excluding carboxylic acids is 1. The van der Waals surface area contributed by atoms with Crippen molar-refractivity contribution in [2.45, 2.75) is 32.4 Å². The van der Waals surface area contributed by atoms with Gasteiger partial charge in [0.15, 0.2) is 0 Å². The lowest BCUT2D eigenvalue weighted by molar-refractivity contribution is 0.0651. The highest BCUT2D eigenvalue weighted by Gasteiger charge is 2.18. The summed E-state index contributed by atoms with van der Waals surface area (Å²) < 4.78 is 15.4. The topological polar surface area (TPSA) is 92.9 Å². The first-order chi connectivity index (χ1) is 17.2. The molecule has 0 spiro atoms. The molecule has 1 amide bonds. The van der Waals surface area contributed by atoms with E-state index >= 15 is 0 Å². The van der Waals surface area contributed by atoms with Crippen LogP contribution in [0.1, 0.15) is 30.8 Å². The van der Waals surface area contributed by atoms with Gasteiger partial charge in [-0.3, -0.25) is 14.5 Å². The maximum Gasteiger partial charge on any atom is 0.275 e. The number of nitrogens with zero attached hydrogens (tertiary/aromatic N) is 4. The Morgan fingerprint density at radius 3 is 2.58 bits per heavy atom. The van der Waals surface area contributed by atoms with Crippen LogP contribution >= 0.6 is 11.3 Å². The average molecular weight is 502 g/mol. The van der Waals surface area contributed by atoms with Gasteiger partial charge in [0.2, 0.25) is 0 Å². The molecule has 7 nitrogen and oxygen atoms in total. The molecule has 0 saturated carbocycles. The molecule has 0 fully saturated rings. The molecule has 3 heterocycles. The van der Waals surface area contributed by atoms with Crippen LogP contribution in [-0.2, 0) is 6.54 Å². The van der Waals surface area contributed by atoms with Gasteiger partial charge in [-0.15, -0.1) is 11.3 Å². The molecule has 182 valence electrons. The van der Waals surface area contributed by atoms with Gasteiger partial charge in [0.05, 0.1) is 11.1 Å². The smallest absolute Gasteiger partial charge is 0.275 e. The summed E-state index contributed by atoms with van der Waals surface area (Å²) in [6, 6.07) is 13.5. The average Bonchev–Trinajstić information content (AvgIpc) is 3.50. The molecule has 2 N–H and O–H groups in total. The van der Waals surface area contributed by atoms with Crippen LogP contribution in [0.25, 0.3) is 32.6 Å². The minimum Gasteiger partial charge on any atom is -0.390 e. The summed E-state index contributed by atoms with van der Waals surface area (Å²) in [7, 11) is 0. The number of hydrogen-bond acceptors (Lipinski definition) is 6. The zero-order valence-electron chi connectivity index (χ0n) is 19.8. The van der Waals surface area contributed by atoms with E-state index in [9.17, 15) is 14.3 Å². The van der Waals surface area contributed by atoms with Crippen LogP contribution in [0.5, 0.6) is 0 Å². The Bertz CT molecular complexity index is 1520. The number of aromatic nitrogens is 4. The van der Waals surface area contributed by atoms with Gasteiger partial charge in [0, 0.05) is 52.7 Å². The Morgan fingerprint density at radius 2 is 1.86 bits per heavy atom. The van der Waals surface area contributed by atoms with E-state index in [1.54, 1.807) is 48.4 Å². The molecule has 0 bridgehead atoms. The highest BCUT2D eigenvalue weighted by atomic mass is 32.1. The number of amides is 1. The number of carbonyl (C=O) groups is 1. The normalized spacial score (nSPS) is 11.7. The van der Waals surface area contributed by atoms with Crippen molar-refractivity contribution in [1.82, 2.24) is 19.7 Å². The van der Waals surface area contributed by atoms with Gasteiger partial charge >= 0.3 is 0 Å². The monoisotopic (exact) mass is 501 g/mol. The van der Waals surface area contributed by atoms with E-state index in [0.29, 0.717) is 29.9 Å². The summed E-state index contributed by atoms with van der Waals surface area (Å²) in [6.07, 6.45) is 5.79. The SMILES string of the molecule is CC(C)(O)CCn1cc2cc(NC(=O)c3csc(-c4ccncc4)n3)c(-c3ccc(F)cc3)cc2n1. The van der Waals surface area contributed by atoms with E-state index in [1.807, 2.05) is 30.5 Å². The number of thiazole rings is 1. The van der Waals surface area contributed by atoms with Crippen LogP contribution in [0.3, 0.4) is 0 Å². The van der Waals surface area contributed by atoms with Crippen LogP contribution in [0.15, 0.2) is 72.5 Å². The van der Waals surface area contributed by atoms with Gasteiger partial charge in [-0.25, -0.2) is 9.37 Å². The predicted molar refractivity (Wildman–Crippen MR) is 139 cm³/mol. The Balaban J connectivity index is 1.49. The van der Waals surface area contributed by atoms with Gasteiger partial charge < -0.3 is 10.4 Å². The van der Waals surface area contributed by atoms with Crippen LogP contribution in [0.2, 0.25) is 0 Å². The van der Waals surface area contributed by atoms with E-state index < -0.39 is 5.60 Å². The van der Waals surface area contributed by atoms with Crippen molar-refractivity contribution in [1.29, 1.82) is 0 Å². The molecule has 0 aliphatic rings. The third-order valence-electron chi connectivity index (χ3n) is 5.71. The lowest BCUT2D eigenvalue weighted by Crippen LogP contribution is -2.21. The largest absolute Gasteiger partial charge is 0.390 e. The first-order valence-corrected chi connectivity index (χ1v) is 12.3. The fourth-order valence-electron chi connectivity index (χ4n) is 3.79. The molecule has 0 aliphatic carbocycles. The minimum absolute atomic E-state index is 0.304. The van der Waals surface area contributed by atoms with Crippen molar-refractivity contribution >= 4 is 33.8 Å². The van der Waals surface area contributed by atoms with Crippen LogP contribution in [0, 0.1) is 5.82 Å². The summed E-state index contributed by atoms with van der Waals surface area (Å²) in [5.74, 6) is -0.684. The van der Waals surface area contributed by atoms with Crippen molar-refractivity contribution in [2.24, 2.45) is 0 Å². The molecule has 0 aliphatic heterocycles. The van der Waals surface area contributed by atoms with Crippen LogP contribution in [-0.4, -0.2) is 36.4 Å². The second-order valence-corrected chi connectivity index (χ2v) is 10.0. The number of pyridine rings is 1. The molecule has 9 heteroatoms. The molecule has 0 atom stereocenters. The minimum atomic E-state index is -0.806. The van der Waals surface area contributed by atoms with E-state index in [1.165, 1.54) is 23.5 Å². The van der Waals surface area contributed by atoms with Crippen LogP contribution < -0.4 is 5.32 Å². The van der Waals surface area contributed by atoms with E-state index in [-0.39, 0.29) is 11.7 Å². The second-order valence-electron chi connectivity index (χ2n) is 9.15. The van der Waals surface area contributed by atoms with Gasteiger partial charge in [-0.05, 0) is 62.2 Å². The zero-order valence-corrected chi connectivity index (χ0v) is 20.6. The van der Waals surface area contributed by atoms with Crippen molar-refractivity contribution in [3.63, 3.8) is 0 Å². The third-order valence-corrected chi connectivity index (χ3v) is 6.60. The van der Waals surface area contributed by atoms with E-state index in [4.69, 9.17) is 0 Å². The number of anilines is 1. The molecule has 0 radical (unpaired) electrons. The number of aliphatic hydroxyl groups is 1. The van der Waals surface area contributed by atoms with E-state index in [0.717, 1.165) is 27.0 Å². The summed E-state index contributed by atoms with van der Waals surface area (Å²) in [6.45, 7) is 4.06. The number of nitrogens with one attached hydrogen (secondary N) is 1. The molecule has 5 rings (SSSR count). The Kier molecular flexibility index (Phi) is 6.34. The van der Waals surface area contributed by atoms with Gasteiger partial charge in [-0.2, -0.15) is 5.10 Å². The van der Waals surface area contributed by atoms with Gasteiger partial charge in [0.25, 0.3) is 5.91 Å². The van der Waals surface area contributed by atoms with Crippen molar-refractivity contribution in [3.8, 4) is 21.7 Å². The Hall–Kier alpha value is -3.95.